The first kappa shape index (κ1) is 21.7. The predicted molar refractivity (Wildman–Crippen MR) is 122 cm³/mol. The van der Waals surface area contributed by atoms with Gasteiger partial charge in [0.2, 0.25) is 5.91 Å². The highest BCUT2D eigenvalue weighted by Gasteiger charge is 2.26. The van der Waals surface area contributed by atoms with E-state index in [0.717, 1.165) is 11.4 Å². The molecule has 0 spiro atoms. The van der Waals surface area contributed by atoms with Gasteiger partial charge in [-0.3, -0.25) is 4.79 Å². The normalized spacial score (nSPS) is 15.2. The van der Waals surface area contributed by atoms with E-state index in [1.165, 1.54) is 18.5 Å². The molecule has 1 aromatic heterocycles. The molecule has 32 heavy (non-hydrogen) atoms. The second-order valence-electron chi connectivity index (χ2n) is 7.83. The van der Waals surface area contributed by atoms with Crippen molar-refractivity contribution in [3.05, 3.63) is 78.4 Å². The first-order valence-corrected chi connectivity index (χ1v) is 10.7. The van der Waals surface area contributed by atoms with Gasteiger partial charge in [-0.1, -0.05) is 30.3 Å². The lowest BCUT2D eigenvalue weighted by Crippen LogP contribution is -2.38. The van der Waals surface area contributed by atoms with E-state index in [9.17, 15) is 14.3 Å². The summed E-state index contributed by atoms with van der Waals surface area (Å²) in [6.07, 6.45) is 2.27. The highest BCUT2D eigenvalue weighted by Crippen LogP contribution is 2.24. The van der Waals surface area contributed by atoms with Crippen molar-refractivity contribution in [2.24, 2.45) is 5.92 Å². The molecular weight excluding hydrogens is 409 g/mol. The van der Waals surface area contributed by atoms with Gasteiger partial charge >= 0.3 is 0 Å². The molecule has 0 saturated carbocycles. The van der Waals surface area contributed by atoms with Gasteiger partial charge in [-0.15, -0.1) is 0 Å². The maximum atomic E-state index is 13.0. The summed E-state index contributed by atoms with van der Waals surface area (Å²) < 4.78 is 13.0. The summed E-state index contributed by atoms with van der Waals surface area (Å²) in [7, 11) is 0. The smallest absolute Gasteiger partial charge is 0.227 e. The van der Waals surface area contributed by atoms with Crippen LogP contribution in [0.2, 0.25) is 0 Å². The van der Waals surface area contributed by atoms with Crippen molar-refractivity contribution in [3.63, 3.8) is 0 Å². The first-order valence-electron chi connectivity index (χ1n) is 10.7. The number of amides is 1. The maximum absolute atomic E-state index is 13.0. The third-order valence-corrected chi connectivity index (χ3v) is 5.62. The number of piperidine rings is 1. The molecule has 166 valence electrons. The average molecular weight is 436 g/mol. The Hall–Kier alpha value is -3.52. The Kier molecular flexibility index (Phi) is 6.91. The summed E-state index contributed by atoms with van der Waals surface area (Å²) in [5, 5.41) is 16.3. The topological polar surface area (TPSA) is 90.4 Å². The van der Waals surface area contributed by atoms with Crippen LogP contribution in [0.3, 0.4) is 0 Å². The molecule has 1 fully saturated rings. The molecule has 1 aliphatic heterocycles. The van der Waals surface area contributed by atoms with Crippen molar-refractivity contribution < 1.29 is 14.3 Å². The summed E-state index contributed by atoms with van der Waals surface area (Å²) >= 11 is 0. The van der Waals surface area contributed by atoms with Gasteiger partial charge in [-0.05, 0) is 42.7 Å². The number of nitrogens with zero attached hydrogens (tertiary/aromatic N) is 3. The fraction of sp³-hybridized carbons (Fsp3) is 0.292. The summed E-state index contributed by atoms with van der Waals surface area (Å²) in [6.45, 7) is 1.74. The van der Waals surface area contributed by atoms with Gasteiger partial charge in [-0.25, -0.2) is 14.4 Å². The lowest BCUT2D eigenvalue weighted by molar-refractivity contribution is -0.120. The van der Waals surface area contributed by atoms with Crippen molar-refractivity contribution in [3.8, 4) is 0 Å². The first-order chi connectivity index (χ1) is 15.6. The van der Waals surface area contributed by atoms with E-state index >= 15 is 0 Å². The number of carbonyl (C=O) groups is 1. The van der Waals surface area contributed by atoms with Crippen molar-refractivity contribution >= 4 is 23.2 Å². The Morgan fingerprint density at radius 3 is 2.53 bits per heavy atom. The zero-order chi connectivity index (χ0) is 22.3. The molecule has 2 heterocycles. The van der Waals surface area contributed by atoms with Crippen LogP contribution in [0.25, 0.3) is 0 Å². The summed E-state index contributed by atoms with van der Waals surface area (Å²) in [4.78, 5) is 23.3. The summed E-state index contributed by atoms with van der Waals surface area (Å²) in [5.41, 5.74) is 1.44. The van der Waals surface area contributed by atoms with E-state index in [1.54, 1.807) is 12.1 Å². The molecule has 1 saturated heterocycles. The third kappa shape index (κ3) is 5.59. The number of hydrogen-bond donors (Lipinski definition) is 3. The minimum Gasteiger partial charge on any atom is -0.387 e. The Morgan fingerprint density at radius 1 is 1.09 bits per heavy atom. The molecule has 2 aromatic carbocycles. The number of aromatic nitrogens is 2. The number of aliphatic hydroxyl groups is 1. The SMILES string of the molecule is O=C(Nc1ccc(F)cc1)C1CCN(c2cc(NCC(O)c3ccccc3)ncn2)CC1. The molecule has 1 unspecified atom stereocenters. The van der Waals surface area contributed by atoms with Crippen LogP contribution in [-0.4, -0.2) is 40.6 Å². The number of hydrogen-bond acceptors (Lipinski definition) is 6. The van der Waals surface area contributed by atoms with Crippen LogP contribution in [0.4, 0.5) is 21.7 Å². The van der Waals surface area contributed by atoms with Gasteiger partial charge < -0.3 is 20.6 Å². The van der Waals surface area contributed by atoms with Crippen LogP contribution in [0, 0.1) is 11.7 Å². The highest BCUT2D eigenvalue weighted by molar-refractivity contribution is 5.92. The number of halogens is 1. The summed E-state index contributed by atoms with van der Waals surface area (Å²) in [5.74, 6) is 0.952. The second-order valence-corrected chi connectivity index (χ2v) is 7.83. The van der Waals surface area contributed by atoms with Gasteiger partial charge in [0.25, 0.3) is 0 Å². The Bertz CT molecular complexity index is 1020. The molecule has 7 nitrogen and oxygen atoms in total. The predicted octanol–water partition coefficient (Wildman–Crippen LogP) is 3.62. The number of benzene rings is 2. The minimum atomic E-state index is -0.634. The monoisotopic (exact) mass is 435 g/mol. The molecule has 1 atom stereocenters. The minimum absolute atomic E-state index is 0.0452. The van der Waals surface area contributed by atoms with Crippen LogP contribution in [0.5, 0.6) is 0 Å². The zero-order valence-electron chi connectivity index (χ0n) is 17.6. The van der Waals surface area contributed by atoms with E-state index in [1.807, 2.05) is 36.4 Å². The largest absolute Gasteiger partial charge is 0.387 e. The van der Waals surface area contributed by atoms with E-state index in [4.69, 9.17) is 0 Å². The van der Waals surface area contributed by atoms with Crippen molar-refractivity contribution in [2.45, 2.75) is 18.9 Å². The molecule has 8 heteroatoms. The van der Waals surface area contributed by atoms with Gasteiger partial charge in [0.1, 0.15) is 23.8 Å². The standard InChI is InChI=1S/C24H26FN5O2/c25-19-6-8-20(9-7-19)29-24(32)18-10-12-30(13-11-18)23-14-22(27-16-28-23)26-15-21(31)17-4-2-1-3-5-17/h1-9,14,16,18,21,31H,10-13,15H2,(H,29,32)(H,26,27,28). The number of rotatable bonds is 7. The number of aliphatic hydroxyl groups excluding tert-OH is 1. The van der Waals surface area contributed by atoms with Crippen LogP contribution in [0.1, 0.15) is 24.5 Å². The highest BCUT2D eigenvalue weighted by atomic mass is 19.1. The molecule has 0 bridgehead atoms. The molecule has 0 radical (unpaired) electrons. The maximum Gasteiger partial charge on any atom is 0.227 e. The quantitative estimate of drug-likeness (QED) is 0.525. The number of carbonyl (C=O) groups excluding carboxylic acids is 1. The van der Waals surface area contributed by atoms with Crippen LogP contribution in [0.15, 0.2) is 67.0 Å². The van der Waals surface area contributed by atoms with Crippen LogP contribution >= 0.6 is 0 Å². The number of nitrogens with one attached hydrogen (secondary N) is 2. The fourth-order valence-electron chi connectivity index (χ4n) is 3.76. The van der Waals surface area contributed by atoms with Gasteiger partial charge in [0.15, 0.2) is 0 Å². The second kappa shape index (κ2) is 10.2. The summed E-state index contributed by atoms with van der Waals surface area (Å²) in [6, 6.07) is 17.1. The van der Waals surface area contributed by atoms with E-state index in [2.05, 4.69) is 25.5 Å². The van der Waals surface area contributed by atoms with Crippen molar-refractivity contribution in [2.75, 3.05) is 35.2 Å². The van der Waals surface area contributed by atoms with Crippen LogP contribution < -0.4 is 15.5 Å². The molecule has 0 aliphatic carbocycles. The van der Waals surface area contributed by atoms with Gasteiger partial charge in [-0.2, -0.15) is 0 Å². The third-order valence-electron chi connectivity index (χ3n) is 5.62. The van der Waals surface area contributed by atoms with E-state index in [-0.39, 0.29) is 17.6 Å². The van der Waals surface area contributed by atoms with Gasteiger partial charge in [0, 0.05) is 37.3 Å². The molecule has 1 amide bonds. The lowest BCUT2D eigenvalue weighted by atomic mass is 9.96. The Labute approximate surface area is 186 Å². The lowest BCUT2D eigenvalue weighted by Gasteiger charge is -2.32. The van der Waals surface area contributed by atoms with E-state index in [0.29, 0.717) is 44.0 Å². The Balaban J connectivity index is 1.29. The molecule has 1 aliphatic rings. The zero-order valence-corrected chi connectivity index (χ0v) is 17.6. The Morgan fingerprint density at radius 2 is 1.81 bits per heavy atom. The molecule has 3 N–H and O–H groups in total. The average Bonchev–Trinajstić information content (AvgIpc) is 2.85. The van der Waals surface area contributed by atoms with Crippen molar-refractivity contribution in [1.29, 1.82) is 0 Å². The molecule has 4 rings (SSSR count). The fourth-order valence-corrected chi connectivity index (χ4v) is 3.76. The van der Waals surface area contributed by atoms with Crippen molar-refractivity contribution in [1.82, 2.24) is 9.97 Å². The molecule has 3 aromatic rings. The number of anilines is 3. The van der Waals surface area contributed by atoms with E-state index < -0.39 is 6.10 Å². The molecular formula is C24H26FN5O2. The van der Waals surface area contributed by atoms with Crippen LogP contribution in [-0.2, 0) is 4.79 Å². The van der Waals surface area contributed by atoms with Gasteiger partial charge in [0.05, 0.1) is 6.10 Å².